The van der Waals surface area contributed by atoms with Gasteiger partial charge in [0.25, 0.3) is 11.8 Å². The number of nitrogens with one attached hydrogen (secondary N) is 2. The van der Waals surface area contributed by atoms with Gasteiger partial charge in [-0.1, -0.05) is 18.2 Å². The van der Waals surface area contributed by atoms with Crippen molar-refractivity contribution in [2.75, 3.05) is 30.8 Å². The molecule has 2 amide bonds. The zero-order valence-corrected chi connectivity index (χ0v) is 23.9. The largest absolute Gasteiger partial charge is 0.492 e. The van der Waals surface area contributed by atoms with Crippen molar-refractivity contribution in [3.8, 4) is 5.75 Å². The Morgan fingerprint density at radius 1 is 1.10 bits per heavy atom. The fourth-order valence-electron chi connectivity index (χ4n) is 5.53. The van der Waals surface area contributed by atoms with E-state index in [2.05, 4.69) is 15.4 Å². The molecule has 218 valence electrons. The topological polar surface area (TPSA) is 135 Å². The Bertz CT molecular complexity index is 1830. The Balaban J connectivity index is 1.34. The number of aromatic nitrogens is 3. The van der Waals surface area contributed by atoms with E-state index >= 15 is 0 Å². The first-order valence-electron chi connectivity index (χ1n) is 13.6. The molecule has 0 bridgehead atoms. The summed E-state index contributed by atoms with van der Waals surface area (Å²) in [4.78, 5) is 32.9. The van der Waals surface area contributed by atoms with Gasteiger partial charge < -0.3 is 15.0 Å². The highest BCUT2D eigenvalue weighted by atomic mass is 32.2. The second kappa shape index (κ2) is 10.4. The number of ether oxygens (including phenoxy) is 1. The number of benzene rings is 2. The Morgan fingerprint density at radius 2 is 1.86 bits per heavy atom. The van der Waals surface area contributed by atoms with Gasteiger partial charge in [-0.15, -0.1) is 0 Å². The molecule has 2 aliphatic heterocycles. The van der Waals surface area contributed by atoms with Gasteiger partial charge in [-0.05, 0) is 56.5 Å². The molecule has 2 aliphatic rings. The molecule has 0 aliphatic carbocycles. The molecule has 0 unspecified atom stereocenters. The molecule has 2 N–H and O–H groups in total. The molecule has 42 heavy (non-hydrogen) atoms. The monoisotopic (exact) mass is 592 g/mol. The highest BCUT2D eigenvalue weighted by Crippen LogP contribution is 2.46. The highest BCUT2D eigenvalue weighted by molar-refractivity contribution is 7.90. The van der Waals surface area contributed by atoms with Crippen molar-refractivity contribution in [1.29, 1.82) is 0 Å². The van der Waals surface area contributed by atoms with Crippen LogP contribution in [0.3, 0.4) is 0 Å². The molecule has 13 heteroatoms. The maximum absolute atomic E-state index is 14.1. The number of sulfonamides is 1. The molecule has 6 rings (SSSR count). The zero-order valence-electron chi connectivity index (χ0n) is 23.1. The van der Waals surface area contributed by atoms with Gasteiger partial charge in [-0.2, -0.15) is 9.61 Å². The highest BCUT2D eigenvalue weighted by Gasteiger charge is 2.44. The molecular formula is C29H29FN6O5S. The average molecular weight is 593 g/mol. The Morgan fingerprint density at radius 3 is 2.60 bits per heavy atom. The van der Waals surface area contributed by atoms with Gasteiger partial charge >= 0.3 is 0 Å². The van der Waals surface area contributed by atoms with Crippen molar-refractivity contribution >= 4 is 39.0 Å². The molecule has 0 radical (unpaired) electrons. The molecular weight excluding hydrogens is 563 g/mol. The van der Waals surface area contributed by atoms with Gasteiger partial charge in [0.05, 0.1) is 18.6 Å². The predicted octanol–water partition coefficient (Wildman–Crippen LogP) is 3.57. The third kappa shape index (κ3) is 4.83. The van der Waals surface area contributed by atoms with Gasteiger partial charge in [-0.25, -0.2) is 22.5 Å². The predicted molar refractivity (Wildman–Crippen MR) is 153 cm³/mol. The third-order valence-electron chi connectivity index (χ3n) is 8.05. The second-order valence-corrected chi connectivity index (χ2v) is 12.6. The number of carbonyl (C=O) groups excluding carboxylic acids is 2. The third-order valence-corrected chi connectivity index (χ3v) is 9.31. The van der Waals surface area contributed by atoms with Crippen LogP contribution >= 0.6 is 0 Å². The van der Waals surface area contributed by atoms with E-state index in [4.69, 9.17) is 4.74 Å². The number of fused-ring (bicyclic) bond motifs is 3. The van der Waals surface area contributed by atoms with Crippen LogP contribution in [0.4, 0.5) is 15.9 Å². The number of anilines is 2. The smallest absolute Gasteiger partial charge is 0.270 e. The maximum Gasteiger partial charge on any atom is 0.270 e. The van der Waals surface area contributed by atoms with E-state index in [1.54, 1.807) is 11.0 Å². The quantitative estimate of drug-likeness (QED) is 0.347. The Kier molecular flexibility index (Phi) is 6.84. The van der Waals surface area contributed by atoms with Crippen LogP contribution in [0.1, 0.15) is 51.6 Å². The van der Waals surface area contributed by atoms with Crippen molar-refractivity contribution in [3.63, 3.8) is 0 Å². The number of amides is 2. The molecule has 1 fully saturated rings. The van der Waals surface area contributed by atoms with Gasteiger partial charge in [-0.3, -0.25) is 9.59 Å². The van der Waals surface area contributed by atoms with Crippen LogP contribution in [0.25, 0.3) is 5.65 Å². The van der Waals surface area contributed by atoms with Crippen LogP contribution < -0.4 is 14.8 Å². The number of carbonyl (C=O) groups is 2. The standard InChI is InChI=1S/C29H29FN6O5S/c1-3-42(39,40)34-27(37)20-16-32-36-25(20)31-15-21(26(36)33-23-7-5-4-6-18(23)2)28(38)35-12-10-29(11-13-35)17-41-24-9-8-19(30)14-22(24)29/h4-9,14-16,33H,3,10-13,17H2,1-2H3,(H,34,37). The number of para-hydroxylation sites is 1. The second-order valence-electron chi connectivity index (χ2n) is 10.6. The summed E-state index contributed by atoms with van der Waals surface area (Å²) in [7, 11) is -3.81. The van der Waals surface area contributed by atoms with E-state index in [0.717, 1.165) is 11.1 Å². The van der Waals surface area contributed by atoms with Crippen molar-refractivity contribution in [1.82, 2.24) is 24.2 Å². The minimum absolute atomic E-state index is 0.0501. The number of aryl methyl sites for hydroxylation is 1. The minimum Gasteiger partial charge on any atom is -0.492 e. The van der Waals surface area contributed by atoms with E-state index in [-0.39, 0.29) is 45.5 Å². The molecule has 0 atom stereocenters. The summed E-state index contributed by atoms with van der Waals surface area (Å²) in [5, 5.41) is 7.60. The molecule has 1 spiro atoms. The zero-order chi connectivity index (χ0) is 29.6. The van der Waals surface area contributed by atoms with E-state index in [1.165, 1.54) is 36.0 Å². The van der Waals surface area contributed by atoms with Gasteiger partial charge in [0.1, 0.15) is 28.5 Å². The number of likely N-dealkylation sites (tertiary alicyclic amines) is 1. The fourth-order valence-corrected chi connectivity index (χ4v) is 6.07. The lowest BCUT2D eigenvalue weighted by Crippen LogP contribution is -2.46. The summed E-state index contributed by atoms with van der Waals surface area (Å²) in [6, 6.07) is 12.1. The van der Waals surface area contributed by atoms with Gasteiger partial charge in [0.15, 0.2) is 5.65 Å². The number of hydrogen-bond acceptors (Lipinski definition) is 8. The maximum atomic E-state index is 14.1. The van der Waals surface area contributed by atoms with E-state index < -0.39 is 15.9 Å². The van der Waals surface area contributed by atoms with Crippen LogP contribution in [0, 0.1) is 12.7 Å². The molecule has 2 aromatic heterocycles. The molecule has 11 nitrogen and oxygen atoms in total. The van der Waals surface area contributed by atoms with E-state index in [1.807, 2.05) is 35.9 Å². The number of rotatable bonds is 6. The Hall–Kier alpha value is -4.52. The lowest BCUT2D eigenvalue weighted by atomic mass is 9.74. The van der Waals surface area contributed by atoms with Crippen molar-refractivity contribution < 1.29 is 27.1 Å². The first-order valence-corrected chi connectivity index (χ1v) is 15.2. The number of halogens is 1. The van der Waals surface area contributed by atoms with Crippen molar-refractivity contribution in [3.05, 3.63) is 82.9 Å². The molecule has 0 saturated carbocycles. The number of nitrogens with zero attached hydrogens (tertiary/aromatic N) is 4. The lowest BCUT2D eigenvalue weighted by molar-refractivity contribution is 0.0646. The summed E-state index contributed by atoms with van der Waals surface area (Å²) >= 11 is 0. The summed E-state index contributed by atoms with van der Waals surface area (Å²) in [5.74, 6) is -0.772. The van der Waals surface area contributed by atoms with Crippen molar-refractivity contribution in [2.45, 2.75) is 32.1 Å². The summed E-state index contributed by atoms with van der Waals surface area (Å²) in [6.07, 6.45) is 3.80. The van der Waals surface area contributed by atoms with Crippen LogP contribution in [-0.2, 0) is 15.4 Å². The molecule has 1 saturated heterocycles. The fraction of sp³-hybridized carbons (Fsp3) is 0.310. The van der Waals surface area contributed by atoms with Crippen LogP contribution in [-0.4, -0.2) is 65.2 Å². The Labute approximate surface area is 241 Å². The van der Waals surface area contributed by atoms with Crippen LogP contribution in [0.15, 0.2) is 54.9 Å². The van der Waals surface area contributed by atoms with Crippen molar-refractivity contribution in [2.24, 2.45) is 0 Å². The first kappa shape index (κ1) is 27.6. The van der Waals surface area contributed by atoms with E-state index in [0.29, 0.717) is 44.0 Å². The summed E-state index contributed by atoms with van der Waals surface area (Å²) in [5.41, 5.74) is 2.37. The van der Waals surface area contributed by atoms with Gasteiger partial charge in [0, 0.05) is 36.0 Å². The van der Waals surface area contributed by atoms with E-state index in [9.17, 15) is 22.4 Å². The molecule has 4 aromatic rings. The first-order chi connectivity index (χ1) is 20.1. The summed E-state index contributed by atoms with van der Waals surface area (Å²) in [6.45, 7) is 4.61. The van der Waals surface area contributed by atoms with Crippen LogP contribution in [0.2, 0.25) is 0 Å². The number of piperidine rings is 1. The molecule has 2 aromatic carbocycles. The van der Waals surface area contributed by atoms with Gasteiger partial charge in [0.2, 0.25) is 10.0 Å². The lowest BCUT2D eigenvalue weighted by Gasteiger charge is -2.38. The number of hydrogen-bond donors (Lipinski definition) is 2. The SMILES string of the molecule is CCS(=O)(=O)NC(=O)c1cnn2c(Nc3ccccc3C)c(C(=O)N3CCC4(CC3)COc3ccc(F)cc34)cnc12. The van der Waals surface area contributed by atoms with Crippen LogP contribution in [0.5, 0.6) is 5.75 Å². The normalized spacial score (nSPS) is 15.8. The minimum atomic E-state index is -3.81. The molecule has 4 heterocycles. The summed E-state index contributed by atoms with van der Waals surface area (Å²) < 4.78 is 47.3. The average Bonchev–Trinajstić information content (AvgIpc) is 3.56.